The van der Waals surface area contributed by atoms with Gasteiger partial charge in [-0.15, -0.1) is 0 Å². The highest BCUT2D eigenvalue weighted by Gasteiger charge is 2.20. The number of anilines is 4. The molecule has 4 nitrogen and oxygen atoms in total. The van der Waals surface area contributed by atoms with Gasteiger partial charge in [-0.2, -0.15) is 0 Å². The molecule has 2 N–H and O–H groups in total. The van der Waals surface area contributed by atoms with Crippen LogP contribution >= 0.6 is 0 Å². The summed E-state index contributed by atoms with van der Waals surface area (Å²) in [6, 6.07) is 5.16. The average molecular weight is 274 g/mol. The molecule has 102 valence electrons. The second-order valence-electron chi connectivity index (χ2n) is 4.48. The Hall–Kier alpha value is -2.63. The molecule has 2 aromatic rings. The predicted molar refractivity (Wildman–Crippen MR) is 75.0 cm³/mol. The third-order valence-corrected chi connectivity index (χ3v) is 3.08. The maximum Gasteiger partial charge on any atom is 0.157 e. The smallest absolute Gasteiger partial charge is 0.157 e. The molecule has 0 saturated carbocycles. The summed E-state index contributed by atoms with van der Waals surface area (Å²) in [5.74, 6) is 0.206. The maximum absolute atomic E-state index is 13.6. The van der Waals surface area contributed by atoms with Gasteiger partial charge >= 0.3 is 0 Å². The van der Waals surface area contributed by atoms with Crippen molar-refractivity contribution in [2.45, 2.75) is 0 Å². The Morgan fingerprint density at radius 1 is 1.30 bits per heavy atom. The largest absolute Gasteiger partial charge is 0.352 e. The van der Waals surface area contributed by atoms with Gasteiger partial charge in [0.05, 0.1) is 23.3 Å². The van der Waals surface area contributed by atoms with Crippen LogP contribution in [0.2, 0.25) is 0 Å². The number of hydrogen-bond acceptors (Lipinski definition) is 4. The number of rotatable bonds is 2. The highest BCUT2D eigenvalue weighted by atomic mass is 19.1. The first-order chi connectivity index (χ1) is 9.54. The van der Waals surface area contributed by atoms with Gasteiger partial charge in [-0.3, -0.25) is 0 Å². The van der Waals surface area contributed by atoms with Crippen LogP contribution in [0.1, 0.15) is 0 Å². The van der Waals surface area contributed by atoms with Crippen LogP contribution in [0, 0.1) is 11.6 Å². The van der Waals surface area contributed by atoms with E-state index in [2.05, 4.69) is 22.2 Å². The summed E-state index contributed by atoms with van der Waals surface area (Å²) in [5.41, 5.74) is 1.58. The summed E-state index contributed by atoms with van der Waals surface area (Å²) >= 11 is 0. The monoisotopic (exact) mass is 274 g/mol. The van der Waals surface area contributed by atoms with Gasteiger partial charge in [0.1, 0.15) is 17.5 Å². The summed E-state index contributed by atoms with van der Waals surface area (Å²) in [7, 11) is 1.85. The zero-order valence-electron chi connectivity index (χ0n) is 10.7. The average Bonchev–Trinajstić information content (AvgIpc) is 2.68. The standard InChI is InChI=1S/C14H12F2N4/c1-8-18-13-6-10(7-17-14(13)20(8)2)19-12-4-3-9(15)5-11(12)16/h3-7,18-19H,1H2,2H3. The Balaban J connectivity index is 1.90. The van der Waals surface area contributed by atoms with Crippen molar-refractivity contribution in [2.75, 3.05) is 22.6 Å². The third kappa shape index (κ3) is 2.05. The van der Waals surface area contributed by atoms with Crippen molar-refractivity contribution >= 4 is 22.9 Å². The molecule has 20 heavy (non-hydrogen) atoms. The van der Waals surface area contributed by atoms with Crippen molar-refractivity contribution in [3.63, 3.8) is 0 Å². The Labute approximate surface area is 114 Å². The molecular weight excluding hydrogens is 262 g/mol. The van der Waals surface area contributed by atoms with Gasteiger partial charge in [0.15, 0.2) is 5.82 Å². The van der Waals surface area contributed by atoms with Gasteiger partial charge in [0, 0.05) is 13.1 Å². The van der Waals surface area contributed by atoms with Crippen molar-refractivity contribution in [3.05, 3.63) is 54.5 Å². The molecule has 0 unspecified atom stereocenters. The molecule has 6 heteroatoms. The first-order valence-corrected chi connectivity index (χ1v) is 5.96. The minimum absolute atomic E-state index is 0.193. The number of aromatic nitrogens is 1. The predicted octanol–water partition coefficient (Wildman–Crippen LogP) is 3.44. The van der Waals surface area contributed by atoms with Gasteiger partial charge < -0.3 is 15.5 Å². The number of pyridine rings is 1. The molecule has 0 radical (unpaired) electrons. The lowest BCUT2D eigenvalue weighted by molar-refractivity contribution is 0.586. The summed E-state index contributed by atoms with van der Waals surface area (Å²) < 4.78 is 26.4. The fourth-order valence-corrected chi connectivity index (χ4v) is 2.00. The van der Waals surface area contributed by atoms with Crippen LogP contribution in [0.15, 0.2) is 42.9 Å². The van der Waals surface area contributed by atoms with Crippen LogP contribution in [0.3, 0.4) is 0 Å². The van der Waals surface area contributed by atoms with Crippen molar-refractivity contribution in [1.29, 1.82) is 0 Å². The molecule has 0 spiro atoms. The SMILES string of the molecule is C=C1Nc2cc(Nc3ccc(F)cc3F)cnc2N1C. The van der Waals surface area contributed by atoms with E-state index in [0.717, 1.165) is 23.4 Å². The van der Waals surface area contributed by atoms with Crippen LogP contribution in [-0.2, 0) is 0 Å². The highest BCUT2D eigenvalue weighted by molar-refractivity contribution is 5.80. The molecule has 1 aliphatic rings. The molecule has 1 aromatic carbocycles. The summed E-state index contributed by atoms with van der Waals surface area (Å²) in [6.45, 7) is 3.84. The second kappa shape index (κ2) is 4.48. The fraction of sp³-hybridized carbons (Fsp3) is 0.0714. The van der Waals surface area contributed by atoms with E-state index in [0.29, 0.717) is 5.69 Å². The Bertz CT molecular complexity index is 700. The summed E-state index contributed by atoms with van der Waals surface area (Å²) in [5, 5.41) is 5.94. The van der Waals surface area contributed by atoms with Gasteiger partial charge in [-0.05, 0) is 18.2 Å². The van der Waals surface area contributed by atoms with Crippen LogP contribution < -0.4 is 15.5 Å². The molecule has 0 aliphatic carbocycles. The first-order valence-electron chi connectivity index (χ1n) is 5.96. The van der Waals surface area contributed by atoms with Crippen molar-refractivity contribution in [1.82, 2.24) is 4.98 Å². The molecule has 0 saturated heterocycles. The normalized spacial score (nSPS) is 13.2. The van der Waals surface area contributed by atoms with Crippen molar-refractivity contribution in [3.8, 4) is 0 Å². The van der Waals surface area contributed by atoms with E-state index in [1.54, 1.807) is 12.3 Å². The topological polar surface area (TPSA) is 40.2 Å². The zero-order valence-corrected chi connectivity index (χ0v) is 10.7. The van der Waals surface area contributed by atoms with Crippen LogP contribution in [0.25, 0.3) is 0 Å². The fourth-order valence-electron chi connectivity index (χ4n) is 2.00. The van der Waals surface area contributed by atoms with Crippen molar-refractivity contribution in [2.24, 2.45) is 0 Å². The lowest BCUT2D eigenvalue weighted by Crippen LogP contribution is -2.13. The molecule has 0 atom stereocenters. The van der Waals surface area contributed by atoms with Crippen LogP contribution in [0.4, 0.5) is 31.7 Å². The number of benzene rings is 1. The maximum atomic E-state index is 13.6. The molecule has 3 rings (SSSR count). The Morgan fingerprint density at radius 2 is 2.10 bits per heavy atom. The van der Waals surface area contributed by atoms with E-state index in [4.69, 9.17) is 0 Å². The van der Waals surface area contributed by atoms with Gasteiger partial charge in [-0.25, -0.2) is 13.8 Å². The number of halogens is 2. The van der Waals surface area contributed by atoms with E-state index >= 15 is 0 Å². The number of nitrogens with one attached hydrogen (secondary N) is 2. The quantitative estimate of drug-likeness (QED) is 0.880. The van der Waals surface area contributed by atoms with E-state index in [-0.39, 0.29) is 5.69 Å². The van der Waals surface area contributed by atoms with Gasteiger partial charge in [0.2, 0.25) is 0 Å². The summed E-state index contributed by atoms with van der Waals surface area (Å²) in [6.07, 6.45) is 1.58. The first kappa shape index (κ1) is 12.4. The van der Waals surface area contributed by atoms with Gasteiger partial charge in [0.25, 0.3) is 0 Å². The molecular formula is C14H12F2N4. The number of nitrogens with zero attached hydrogens (tertiary/aromatic N) is 2. The molecule has 2 heterocycles. The highest BCUT2D eigenvalue weighted by Crippen LogP contribution is 2.34. The van der Waals surface area contributed by atoms with E-state index < -0.39 is 11.6 Å². The minimum Gasteiger partial charge on any atom is -0.352 e. The third-order valence-electron chi connectivity index (χ3n) is 3.08. The molecule has 0 bridgehead atoms. The lowest BCUT2D eigenvalue weighted by atomic mass is 10.2. The molecule has 0 fully saturated rings. The van der Waals surface area contributed by atoms with Crippen LogP contribution in [-0.4, -0.2) is 12.0 Å². The minimum atomic E-state index is -0.653. The Morgan fingerprint density at radius 3 is 2.85 bits per heavy atom. The zero-order chi connectivity index (χ0) is 14.3. The van der Waals surface area contributed by atoms with E-state index in [1.165, 1.54) is 12.1 Å². The van der Waals surface area contributed by atoms with Crippen LogP contribution in [0.5, 0.6) is 0 Å². The molecule has 1 aliphatic heterocycles. The molecule has 1 aromatic heterocycles. The number of hydrogen-bond donors (Lipinski definition) is 2. The second-order valence-corrected chi connectivity index (χ2v) is 4.48. The Kier molecular flexibility index (Phi) is 2.78. The van der Waals surface area contributed by atoms with E-state index in [1.807, 2.05) is 11.9 Å². The number of fused-ring (bicyclic) bond motifs is 1. The molecule has 0 amide bonds. The van der Waals surface area contributed by atoms with E-state index in [9.17, 15) is 8.78 Å². The lowest BCUT2D eigenvalue weighted by Gasteiger charge is -2.11. The summed E-state index contributed by atoms with van der Waals surface area (Å²) in [4.78, 5) is 6.09. The van der Waals surface area contributed by atoms with Crippen molar-refractivity contribution < 1.29 is 8.78 Å². The van der Waals surface area contributed by atoms with Gasteiger partial charge in [-0.1, -0.05) is 6.58 Å².